The highest BCUT2D eigenvalue weighted by molar-refractivity contribution is 7.89. The molecule has 0 saturated heterocycles. The summed E-state index contributed by atoms with van der Waals surface area (Å²) in [5.74, 6) is -0.857. The highest BCUT2D eigenvalue weighted by Gasteiger charge is 2.24. The number of Topliss-reactive ketones (excluding diaryl/α,β-unsaturated/α-hetero) is 1. The molecule has 1 aromatic carbocycles. The van der Waals surface area contributed by atoms with Gasteiger partial charge < -0.3 is 4.74 Å². The van der Waals surface area contributed by atoms with Crippen LogP contribution in [0.2, 0.25) is 0 Å². The molecule has 0 spiro atoms. The molecule has 0 atom stereocenters. The molecule has 0 heterocycles. The Hall–Kier alpha value is -1.99. The van der Waals surface area contributed by atoms with Crippen LogP contribution in [0, 0.1) is 6.92 Å². The van der Waals surface area contributed by atoms with Crippen molar-refractivity contribution in [3.05, 3.63) is 42.0 Å². The van der Waals surface area contributed by atoms with E-state index in [0.717, 1.165) is 9.87 Å². The van der Waals surface area contributed by atoms with Crippen LogP contribution in [0.5, 0.6) is 0 Å². The minimum Gasteiger partial charge on any atom is -0.457 e. The number of nitrogens with zero attached hydrogens (tertiary/aromatic N) is 1. The van der Waals surface area contributed by atoms with Crippen molar-refractivity contribution in [1.29, 1.82) is 0 Å². The van der Waals surface area contributed by atoms with E-state index in [-0.39, 0.29) is 23.8 Å². The molecule has 0 fully saturated rings. The van der Waals surface area contributed by atoms with E-state index in [2.05, 4.69) is 0 Å². The Kier molecular flexibility index (Phi) is 7.07. The van der Waals surface area contributed by atoms with Gasteiger partial charge in [-0.05, 0) is 46.8 Å². The smallest absolute Gasteiger partial charge is 0.330 e. The molecule has 0 aliphatic rings. The average Bonchev–Trinajstić information content (AvgIpc) is 2.44. The third-order valence-corrected chi connectivity index (χ3v) is 4.85. The first-order chi connectivity index (χ1) is 11.4. The molecule has 7 heteroatoms. The second kappa shape index (κ2) is 8.40. The van der Waals surface area contributed by atoms with E-state index >= 15 is 0 Å². The molecule has 138 valence electrons. The van der Waals surface area contributed by atoms with Crippen LogP contribution < -0.4 is 0 Å². The van der Waals surface area contributed by atoms with Crippen molar-refractivity contribution >= 4 is 21.8 Å². The zero-order valence-electron chi connectivity index (χ0n) is 15.3. The molecular weight excluding hydrogens is 342 g/mol. The molecule has 1 rings (SSSR count). The van der Waals surface area contributed by atoms with Gasteiger partial charge in [-0.1, -0.05) is 23.8 Å². The third kappa shape index (κ3) is 7.19. The van der Waals surface area contributed by atoms with Crippen LogP contribution in [0.4, 0.5) is 0 Å². The number of aryl methyl sites for hydroxylation is 1. The predicted molar refractivity (Wildman–Crippen MR) is 95.6 cm³/mol. The molecule has 0 saturated carbocycles. The lowest BCUT2D eigenvalue weighted by molar-refractivity contribution is -0.148. The second-order valence-corrected chi connectivity index (χ2v) is 8.69. The van der Waals surface area contributed by atoms with E-state index in [4.69, 9.17) is 4.74 Å². The van der Waals surface area contributed by atoms with Crippen molar-refractivity contribution in [3.63, 3.8) is 0 Å². The van der Waals surface area contributed by atoms with Gasteiger partial charge in [-0.3, -0.25) is 4.79 Å². The molecule has 0 N–H and O–H groups in total. The first-order valence-electron chi connectivity index (χ1n) is 7.87. The molecule has 1 aromatic rings. The lowest BCUT2D eigenvalue weighted by Gasteiger charge is -2.20. The van der Waals surface area contributed by atoms with Gasteiger partial charge in [0.05, 0.1) is 11.4 Å². The fourth-order valence-electron chi connectivity index (χ4n) is 1.96. The summed E-state index contributed by atoms with van der Waals surface area (Å²) >= 11 is 0. The minimum absolute atomic E-state index is 0.102. The number of ether oxygens (including phenoxy) is 1. The molecule has 0 aliphatic heterocycles. The van der Waals surface area contributed by atoms with E-state index in [0.29, 0.717) is 0 Å². The Labute approximate surface area is 149 Å². The van der Waals surface area contributed by atoms with Crippen molar-refractivity contribution in [1.82, 2.24) is 4.31 Å². The van der Waals surface area contributed by atoms with Crippen molar-refractivity contribution in [2.24, 2.45) is 0 Å². The van der Waals surface area contributed by atoms with E-state index < -0.39 is 21.6 Å². The number of sulfonamides is 1. The maximum absolute atomic E-state index is 12.7. The normalized spacial score (nSPS) is 12.6. The highest BCUT2D eigenvalue weighted by atomic mass is 32.2. The first-order valence-corrected chi connectivity index (χ1v) is 9.31. The van der Waals surface area contributed by atoms with Gasteiger partial charge in [0, 0.05) is 12.6 Å². The van der Waals surface area contributed by atoms with Crippen molar-refractivity contribution in [2.75, 3.05) is 13.1 Å². The van der Waals surface area contributed by atoms with Gasteiger partial charge in [-0.2, -0.15) is 4.31 Å². The van der Waals surface area contributed by atoms with Gasteiger partial charge in [0.25, 0.3) is 0 Å². The Morgan fingerprint density at radius 1 is 1.16 bits per heavy atom. The molecule has 6 nitrogen and oxygen atoms in total. The van der Waals surface area contributed by atoms with Crippen LogP contribution in [-0.2, 0) is 24.3 Å². The van der Waals surface area contributed by atoms with Crippen molar-refractivity contribution in [2.45, 2.75) is 45.1 Å². The summed E-state index contributed by atoms with van der Waals surface area (Å²) < 4.78 is 31.6. The maximum Gasteiger partial charge on any atom is 0.330 e. The SMILES string of the molecule is CC(=O)CN(C/C=C\C(=O)OC(C)(C)C)S(=O)(=O)c1ccc(C)cc1. The number of benzene rings is 1. The second-order valence-electron chi connectivity index (χ2n) is 6.75. The van der Waals surface area contributed by atoms with Gasteiger partial charge in [0.1, 0.15) is 11.4 Å². The molecule has 0 bridgehead atoms. The number of carbonyl (C=O) groups excluding carboxylic acids is 2. The minimum atomic E-state index is -3.84. The van der Waals surface area contributed by atoms with E-state index in [9.17, 15) is 18.0 Å². The molecular formula is C18H25NO5S. The summed E-state index contributed by atoms with van der Waals surface area (Å²) in [4.78, 5) is 23.2. The Bertz CT molecular complexity index is 743. The molecule has 0 unspecified atom stereocenters. The van der Waals surface area contributed by atoms with Crippen LogP contribution in [-0.4, -0.2) is 43.2 Å². The quantitative estimate of drug-likeness (QED) is 0.546. The van der Waals surface area contributed by atoms with Crippen molar-refractivity contribution in [3.8, 4) is 0 Å². The standard InChI is InChI=1S/C18H25NO5S/c1-14-8-10-16(11-9-14)25(22,23)19(13-15(2)20)12-6-7-17(21)24-18(3,4)5/h6-11H,12-13H2,1-5H3/b7-6-. The zero-order chi connectivity index (χ0) is 19.3. The Morgan fingerprint density at radius 3 is 2.20 bits per heavy atom. The van der Waals surface area contributed by atoms with Crippen LogP contribution in [0.25, 0.3) is 0 Å². The van der Waals surface area contributed by atoms with E-state index in [1.54, 1.807) is 32.9 Å². The summed E-state index contributed by atoms with van der Waals surface area (Å²) in [7, 11) is -3.84. The monoisotopic (exact) mass is 367 g/mol. The van der Waals surface area contributed by atoms with Crippen LogP contribution in [0.3, 0.4) is 0 Å². The molecule has 0 aromatic heterocycles. The zero-order valence-corrected chi connectivity index (χ0v) is 16.1. The van der Waals surface area contributed by atoms with E-state index in [1.807, 2.05) is 6.92 Å². The van der Waals surface area contributed by atoms with E-state index in [1.165, 1.54) is 31.2 Å². The summed E-state index contributed by atoms with van der Waals surface area (Å²) in [5, 5.41) is 0. The summed E-state index contributed by atoms with van der Waals surface area (Å²) in [5.41, 5.74) is 0.302. The first kappa shape index (κ1) is 21.1. The number of esters is 1. The summed E-state index contributed by atoms with van der Waals surface area (Å²) in [6, 6.07) is 6.37. The molecule has 0 amide bonds. The van der Waals surface area contributed by atoms with Crippen molar-refractivity contribution < 1.29 is 22.7 Å². The van der Waals surface area contributed by atoms with Gasteiger partial charge in [-0.25, -0.2) is 13.2 Å². The Morgan fingerprint density at radius 2 is 1.72 bits per heavy atom. The average molecular weight is 367 g/mol. The largest absolute Gasteiger partial charge is 0.457 e. The number of hydrogen-bond donors (Lipinski definition) is 0. The maximum atomic E-state index is 12.7. The Balaban J connectivity index is 2.95. The summed E-state index contributed by atoms with van der Waals surface area (Å²) in [6.07, 6.45) is 2.55. The fourth-order valence-corrected chi connectivity index (χ4v) is 3.37. The van der Waals surface area contributed by atoms with Gasteiger partial charge in [0.2, 0.25) is 10.0 Å². The number of ketones is 1. The lowest BCUT2D eigenvalue weighted by atomic mass is 10.2. The number of carbonyl (C=O) groups is 2. The highest BCUT2D eigenvalue weighted by Crippen LogP contribution is 2.16. The fraction of sp³-hybridized carbons (Fsp3) is 0.444. The summed E-state index contributed by atoms with van der Waals surface area (Å²) in [6.45, 7) is 8.01. The molecule has 25 heavy (non-hydrogen) atoms. The third-order valence-electron chi connectivity index (χ3n) is 3.03. The predicted octanol–water partition coefficient (Wildman–Crippen LogP) is 2.47. The van der Waals surface area contributed by atoms with Gasteiger partial charge >= 0.3 is 5.97 Å². The van der Waals surface area contributed by atoms with Crippen LogP contribution in [0.1, 0.15) is 33.3 Å². The van der Waals surface area contributed by atoms with Crippen LogP contribution >= 0.6 is 0 Å². The molecule has 0 radical (unpaired) electrons. The van der Waals surface area contributed by atoms with Crippen LogP contribution in [0.15, 0.2) is 41.3 Å². The number of hydrogen-bond acceptors (Lipinski definition) is 5. The van der Waals surface area contributed by atoms with Gasteiger partial charge in [-0.15, -0.1) is 0 Å². The number of rotatable bonds is 7. The topological polar surface area (TPSA) is 80.8 Å². The van der Waals surface area contributed by atoms with Gasteiger partial charge in [0.15, 0.2) is 0 Å². The molecule has 0 aliphatic carbocycles. The lowest BCUT2D eigenvalue weighted by Crippen LogP contribution is -2.35.